The molecule has 0 bridgehead atoms. The maximum absolute atomic E-state index is 11.6. The number of hydrogen-bond donors (Lipinski definition) is 1. The Kier molecular flexibility index (Phi) is 2.63. The van der Waals surface area contributed by atoms with Crippen LogP contribution in [0.5, 0.6) is 0 Å². The molecule has 2 aliphatic rings. The lowest BCUT2D eigenvalue weighted by Crippen LogP contribution is -2.58. The molecule has 14 heavy (non-hydrogen) atoms. The third-order valence-electron chi connectivity index (χ3n) is 3.13. The van der Waals surface area contributed by atoms with Crippen molar-refractivity contribution in [1.82, 2.24) is 10.2 Å². The fraction of sp³-hybridized carbons (Fsp3) is 0.900. The number of hydrogen-bond acceptors (Lipinski definition) is 2. The molecule has 0 aromatic rings. The first-order valence-corrected chi connectivity index (χ1v) is 5.42. The molecule has 0 aromatic carbocycles. The van der Waals surface area contributed by atoms with Gasteiger partial charge < -0.3 is 15.0 Å². The maximum atomic E-state index is 11.6. The smallest absolute Gasteiger partial charge is 0.317 e. The molecule has 2 amide bonds. The molecule has 1 spiro atoms. The minimum Gasteiger partial charge on any atom is -0.371 e. The fourth-order valence-corrected chi connectivity index (χ4v) is 2.15. The summed E-state index contributed by atoms with van der Waals surface area (Å²) in [4.78, 5) is 13.5. The van der Waals surface area contributed by atoms with E-state index in [1.807, 2.05) is 11.8 Å². The predicted molar refractivity (Wildman–Crippen MR) is 53.2 cm³/mol. The summed E-state index contributed by atoms with van der Waals surface area (Å²) in [5, 5.41) is 2.83. The Balaban J connectivity index is 1.90. The molecule has 1 N–H and O–H groups in total. The van der Waals surface area contributed by atoms with E-state index in [9.17, 15) is 4.79 Å². The van der Waals surface area contributed by atoms with Crippen LogP contribution in [-0.4, -0.2) is 42.8 Å². The minimum absolute atomic E-state index is 0.0172. The van der Waals surface area contributed by atoms with E-state index in [4.69, 9.17) is 4.74 Å². The molecule has 0 radical (unpaired) electrons. The SMILES string of the molecule is CCNC(=O)N1CCOC2(CCC2)C1. The first-order valence-electron chi connectivity index (χ1n) is 5.42. The number of nitrogens with one attached hydrogen (secondary N) is 1. The highest BCUT2D eigenvalue weighted by Gasteiger charge is 2.43. The normalized spacial score (nSPS) is 24.5. The van der Waals surface area contributed by atoms with Crippen molar-refractivity contribution in [2.24, 2.45) is 0 Å². The molecule has 80 valence electrons. The molecule has 1 heterocycles. The molecule has 1 saturated carbocycles. The Hall–Kier alpha value is -0.770. The highest BCUT2D eigenvalue weighted by molar-refractivity contribution is 5.74. The average Bonchev–Trinajstić information content (AvgIpc) is 2.16. The van der Waals surface area contributed by atoms with Crippen LogP contribution in [0, 0.1) is 0 Å². The summed E-state index contributed by atoms with van der Waals surface area (Å²) >= 11 is 0. The van der Waals surface area contributed by atoms with Gasteiger partial charge in [-0.15, -0.1) is 0 Å². The van der Waals surface area contributed by atoms with E-state index < -0.39 is 0 Å². The van der Waals surface area contributed by atoms with E-state index in [0.717, 1.165) is 25.9 Å². The average molecular weight is 198 g/mol. The summed E-state index contributed by atoms with van der Waals surface area (Å²) < 4.78 is 5.74. The molecule has 2 rings (SSSR count). The van der Waals surface area contributed by atoms with Crippen LogP contribution in [0.4, 0.5) is 4.79 Å². The zero-order valence-corrected chi connectivity index (χ0v) is 8.71. The summed E-state index contributed by atoms with van der Waals surface area (Å²) in [6.07, 6.45) is 3.47. The summed E-state index contributed by atoms with van der Waals surface area (Å²) in [6, 6.07) is 0.0575. The standard InChI is InChI=1S/C10H18N2O2/c1-2-11-9(13)12-6-7-14-10(8-12)4-3-5-10/h2-8H2,1H3,(H,11,13). The van der Waals surface area contributed by atoms with Gasteiger partial charge in [0, 0.05) is 13.1 Å². The molecule has 2 fully saturated rings. The molecule has 4 heteroatoms. The van der Waals surface area contributed by atoms with Crippen LogP contribution in [0.25, 0.3) is 0 Å². The molecular weight excluding hydrogens is 180 g/mol. The van der Waals surface area contributed by atoms with Crippen LogP contribution in [0.2, 0.25) is 0 Å². The van der Waals surface area contributed by atoms with Crippen LogP contribution in [0.1, 0.15) is 26.2 Å². The largest absolute Gasteiger partial charge is 0.371 e. The third kappa shape index (κ3) is 1.71. The third-order valence-corrected chi connectivity index (χ3v) is 3.13. The van der Waals surface area contributed by atoms with Crippen LogP contribution < -0.4 is 5.32 Å². The van der Waals surface area contributed by atoms with Crippen molar-refractivity contribution >= 4 is 6.03 Å². The number of carbonyl (C=O) groups excluding carboxylic acids is 1. The topological polar surface area (TPSA) is 41.6 Å². The quantitative estimate of drug-likeness (QED) is 0.682. The van der Waals surface area contributed by atoms with Crippen molar-refractivity contribution in [3.8, 4) is 0 Å². The minimum atomic E-state index is 0.0172. The molecule has 0 aromatic heterocycles. The van der Waals surface area contributed by atoms with Gasteiger partial charge in [0.2, 0.25) is 0 Å². The second kappa shape index (κ2) is 3.77. The van der Waals surface area contributed by atoms with Crippen molar-refractivity contribution < 1.29 is 9.53 Å². The van der Waals surface area contributed by atoms with E-state index >= 15 is 0 Å². The zero-order chi connectivity index (χ0) is 10.0. The monoisotopic (exact) mass is 198 g/mol. The van der Waals surface area contributed by atoms with E-state index in [1.165, 1.54) is 6.42 Å². The molecule has 0 atom stereocenters. The molecular formula is C10H18N2O2. The van der Waals surface area contributed by atoms with E-state index in [2.05, 4.69) is 5.32 Å². The highest BCUT2D eigenvalue weighted by Crippen LogP contribution is 2.37. The summed E-state index contributed by atoms with van der Waals surface area (Å²) in [5.41, 5.74) is 0.0172. The summed E-state index contributed by atoms with van der Waals surface area (Å²) in [5.74, 6) is 0. The molecule has 1 aliphatic heterocycles. The second-order valence-electron chi connectivity index (χ2n) is 4.14. The number of ether oxygens (including phenoxy) is 1. The Morgan fingerprint density at radius 2 is 2.36 bits per heavy atom. The number of rotatable bonds is 1. The Labute approximate surface area is 84.6 Å². The maximum Gasteiger partial charge on any atom is 0.317 e. The van der Waals surface area contributed by atoms with Gasteiger partial charge in [-0.2, -0.15) is 0 Å². The lowest BCUT2D eigenvalue weighted by molar-refractivity contribution is -0.141. The van der Waals surface area contributed by atoms with Gasteiger partial charge in [-0.3, -0.25) is 0 Å². The number of urea groups is 1. The molecule has 1 saturated heterocycles. The van der Waals surface area contributed by atoms with E-state index in [-0.39, 0.29) is 11.6 Å². The number of nitrogens with zero attached hydrogens (tertiary/aromatic N) is 1. The Bertz CT molecular complexity index is 226. The lowest BCUT2D eigenvalue weighted by Gasteiger charge is -2.48. The Morgan fingerprint density at radius 3 is 2.93 bits per heavy atom. The van der Waals surface area contributed by atoms with Gasteiger partial charge in [0.25, 0.3) is 0 Å². The van der Waals surface area contributed by atoms with Gasteiger partial charge in [-0.25, -0.2) is 4.79 Å². The van der Waals surface area contributed by atoms with Crippen molar-refractivity contribution in [1.29, 1.82) is 0 Å². The van der Waals surface area contributed by atoms with Crippen molar-refractivity contribution in [3.63, 3.8) is 0 Å². The van der Waals surface area contributed by atoms with Gasteiger partial charge in [0.15, 0.2) is 0 Å². The van der Waals surface area contributed by atoms with Crippen molar-refractivity contribution in [2.75, 3.05) is 26.2 Å². The van der Waals surface area contributed by atoms with E-state index in [1.54, 1.807) is 0 Å². The van der Waals surface area contributed by atoms with Gasteiger partial charge in [0.05, 0.1) is 18.8 Å². The number of morpholine rings is 1. The first kappa shape index (κ1) is 9.77. The highest BCUT2D eigenvalue weighted by atomic mass is 16.5. The summed E-state index contributed by atoms with van der Waals surface area (Å²) in [6.45, 7) is 4.84. The van der Waals surface area contributed by atoms with Crippen LogP contribution in [0.15, 0.2) is 0 Å². The van der Waals surface area contributed by atoms with Crippen LogP contribution >= 0.6 is 0 Å². The number of carbonyl (C=O) groups is 1. The summed E-state index contributed by atoms with van der Waals surface area (Å²) in [7, 11) is 0. The zero-order valence-electron chi connectivity index (χ0n) is 8.71. The molecule has 0 unspecified atom stereocenters. The van der Waals surface area contributed by atoms with Crippen molar-refractivity contribution in [2.45, 2.75) is 31.8 Å². The second-order valence-corrected chi connectivity index (χ2v) is 4.14. The lowest BCUT2D eigenvalue weighted by atomic mass is 9.79. The molecule has 1 aliphatic carbocycles. The van der Waals surface area contributed by atoms with E-state index in [0.29, 0.717) is 13.2 Å². The first-order chi connectivity index (χ1) is 6.76. The van der Waals surface area contributed by atoms with Crippen LogP contribution in [-0.2, 0) is 4.74 Å². The van der Waals surface area contributed by atoms with Gasteiger partial charge in [-0.1, -0.05) is 0 Å². The van der Waals surface area contributed by atoms with Crippen molar-refractivity contribution in [3.05, 3.63) is 0 Å². The Morgan fingerprint density at radius 1 is 1.57 bits per heavy atom. The predicted octanol–water partition coefficient (Wildman–Crippen LogP) is 0.971. The van der Waals surface area contributed by atoms with Gasteiger partial charge in [-0.05, 0) is 26.2 Å². The fourth-order valence-electron chi connectivity index (χ4n) is 2.15. The van der Waals surface area contributed by atoms with Gasteiger partial charge in [0.1, 0.15) is 0 Å². The van der Waals surface area contributed by atoms with Gasteiger partial charge >= 0.3 is 6.03 Å². The van der Waals surface area contributed by atoms with Crippen LogP contribution in [0.3, 0.4) is 0 Å². The number of amides is 2. The molecule has 4 nitrogen and oxygen atoms in total.